The Labute approximate surface area is 187 Å². The highest BCUT2D eigenvalue weighted by molar-refractivity contribution is 7.96. The van der Waals surface area contributed by atoms with Crippen LogP contribution < -0.4 is 5.32 Å². The van der Waals surface area contributed by atoms with Gasteiger partial charge in [-0.3, -0.25) is 14.4 Å². The van der Waals surface area contributed by atoms with Gasteiger partial charge in [-0.1, -0.05) is 17.1 Å². The molecule has 3 rings (SSSR count). The zero-order valence-corrected chi connectivity index (χ0v) is 20.4. The van der Waals surface area contributed by atoms with E-state index < -0.39 is 31.2 Å². The van der Waals surface area contributed by atoms with Gasteiger partial charge in [-0.05, 0) is 46.8 Å². The number of nitrogens with one attached hydrogen (secondary N) is 1. The first-order valence-electron chi connectivity index (χ1n) is 10.1. The van der Waals surface area contributed by atoms with Crippen molar-refractivity contribution in [2.45, 2.75) is 62.9 Å². The third-order valence-corrected chi connectivity index (χ3v) is 9.82. The number of hydrogen-bond donors (Lipinski definition) is 1. The van der Waals surface area contributed by atoms with Crippen molar-refractivity contribution in [3.8, 4) is 0 Å². The Morgan fingerprint density at radius 1 is 1.26 bits per heavy atom. The van der Waals surface area contributed by atoms with E-state index in [-0.39, 0.29) is 5.88 Å². The second-order valence-electron chi connectivity index (χ2n) is 8.77. The standard InChI is InChI=1S/C20H30N4O5S2/c1-13-21-12-16(28-13)19(2,3)15-11-17(29-23-15)22-18(25)20(4,5)31(26,27)14-7-9-24(30-6)10-8-14/h11-12,14H,7-10H2,1-6H3,(H,22,25). The lowest BCUT2D eigenvalue weighted by Crippen LogP contribution is -2.51. The van der Waals surface area contributed by atoms with Gasteiger partial charge in [0.2, 0.25) is 11.8 Å². The van der Waals surface area contributed by atoms with Crippen LogP contribution in [-0.4, -0.2) is 58.1 Å². The molecule has 0 spiro atoms. The molecule has 1 N–H and O–H groups in total. The first-order chi connectivity index (χ1) is 14.4. The molecule has 9 nitrogen and oxygen atoms in total. The molecule has 2 aromatic rings. The molecule has 2 aromatic heterocycles. The van der Waals surface area contributed by atoms with Crippen LogP contribution in [0, 0.1) is 6.92 Å². The summed E-state index contributed by atoms with van der Waals surface area (Å²) >= 11 is 1.61. The van der Waals surface area contributed by atoms with Crippen LogP contribution in [0.1, 0.15) is 57.9 Å². The van der Waals surface area contributed by atoms with E-state index in [0.29, 0.717) is 43.3 Å². The van der Waals surface area contributed by atoms with Crippen LogP contribution in [0.25, 0.3) is 0 Å². The molecule has 0 saturated carbocycles. The van der Waals surface area contributed by atoms with E-state index in [1.165, 1.54) is 13.8 Å². The molecule has 11 heteroatoms. The zero-order chi connectivity index (χ0) is 23.0. The predicted molar refractivity (Wildman–Crippen MR) is 120 cm³/mol. The zero-order valence-electron chi connectivity index (χ0n) is 18.8. The van der Waals surface area contributed by atoms with Crippen LogP contribution in [0.4, 0.5) is 5.88 Å². The Kier molecular flexibility index (Phi) is 6.60. The van der Waals surface area contributed by atoms with E-state index in [9.17, 15) is 13.2 Å². The summed E-state index contributed by atoms with van der Waals surface area (Å²) in [6.07, 6.45) is 4.62. The van der Waals surface area contributed by atoms with Crippen LogP contribution >= 0.6 is 11.9 Å². The molecule has 0 atom stereocenters. The summed E-state index contributed by atoms with van der Waals surface area (Å²) < 4.78 is 37.9. The van der Waals surface area contributed by atoms with Gasteiger partial charge in [-0.25, -0.2) is 13.4 Å². The minimum atomic E-state index is -3.71. The maximum Gasteiger partial charge on any atom is 0.247 e. The van der Waals surface area contributed by atoms with Crippen molar-refractivity contribution in [2.75, 3.05) is 24.7 Å². The summed E-state index contributed by atoms with van der Waals surface area (Å²) in [6.45, 7) is 9.79. The lowest BCUT2D eigenvalue weighted by atomic mass is 9.87. The number of rotatable bonds is 7. The number of piperidine rings is 1. The summed E-state index contributed by atoms with van der Waals surface area (Å²) in [6, 6.07) is 1.58. The van der Waals surface area contributed by atoms with Crippen molar-refractivity contribution in [3.05, 3.63) is 29.6 Å². The molecular formula is C20H30N4O5S2. The highest BCUT2D eigenvalue weighted by Gasteiger charge is 2.47. The molecule has 3 heterocycles. The van der Waals surface area contributed by atoms with Gasteiger partial charge in [0.25, 0.3) is 0 Å². The monoisotopic (exact) mass is 470 g/mol. The number of oxazole rings is 1. The Bertz CT molecular complexity index is 1030. The average Bonchev–Trinajstić information content (AvgIpc) is 3.37. The lowest BCUT2D eigenvalue weighted by Gasteiger charge is -2.34. The van der Waals surface area contributed by atoms with E-state index in [4.69, 9.17) is 8.94 Å². The average molecular weight is 471 g/mol. The fourth-order valence-electron chi connectivity index (χ4n) is 3.54. The molecule has 0 aromatic carbocycles. The number of aromatic nitrogens is 2. The van der Waals surface area contributed by atoms with E-state index in [2.05, 4.69) is 19.8 Å². The first-order valence-corrected chi connectivity index (χ1v) is 12.9. The minimum Gasteiger partial charge on any atom is -0.445 e. The summed E-state index contributed by atoms with van der Waals surface area (Å²) in [7, 11) is -3.71. The maximum absolute atomic E-state index is 13.2. The van der Waals surface area contributed by atoms with E-state index in [0.717, 1.165) is 0 Å². The van der Waals surface area contributed by atoms with Crippen molar-refractivity contribution in [1.82, 2.24) is 14.4 Å². The second-order valence-corrected chi connectivity index (χ2v) is 12.4. The van der Waals surface area contributed by atoms with E-state index in [1.54, 1.807) is 31.1 Å². The number of carbonyl (C=O) groups is 1. The van der Waals surface area contributed by atoms with Crippen LogP contribution in [0.5, 0.6) is 0 Å². The number of anilines is 1. The smallest absolute Gasteiger partial charge is 0.247 e. The van der Waals surface area contributed by atoms with Crippen molar-refractivity contribution in [3.63, 3.8) is 0 Å². The van der Waals surface area contributed by atoms with Crippen molar-refractivity contribution < 1.29 is 22.2 Å². The maximum atomic E-state index is 13.2. The number of hydrogen-bond acceptors (Lipinski definition) is 9. The number of nitrogens with zero attached hydrogens (tertiary/aromatic N) is 3. The minimum absolute atomic E-state index is 0.0878. The molecule has 0 bridgehead atoms. The molecular weight excluding hydrogens is 440 g/mol. The van der Waals surface area contributed by atoms with Crippen LogP contribution in [0.3, 0.4) is 0 Å². The van der Waals surface area contributed by atoms with Gasteiger partial charge in [0, 0.05) is 26.1 Å². The van der Waals surface area contributed by atoms with E-state index in [1.807, 2.05) is 20.1 Å². The normalized spacial score (nSPS) is 17.1. The first kappa shape index (κ1) is 23.8. The number of amides is 1. The SMILES string of the molecule is CSN1CCC(S(=O)(=O)C(C)(C)C(=O)Nc2cc(C(C)(C)c3cnc(C)o3)no2)CC1. The van der Waals surface area contributed by atoms with Crippen LogP contribution in [0.2, 0.25) is 0 Å². The molecule has 31 heavy (non-hydrogen) atoms. The Hall–Kier alpha value is -1.85. The highest BCUT2D eigenvalue weighted by atomic mass is 32.2. The third-order valence-electron chi connectivity index (χ3n) is 5.98. The fraction of sp³-hybridized carbons (Fsp3) is 0.650. The number of carbonyl (C=O) groups excluding carboxylic acids is 1. The van der Waals surface area contributed by atoms with Crippen molar-refractivity contribution in [2.24, 2.45) is 0 Å². The molecule has 0 radical (unpaired) electrons. The Balaban J connectivity index is 1.73. The predicted octanol–water partition coefficient (Wildman–Crippen LogP) is 3.17. The Morgan fingerprint density at radius 3 is 2.45 bits per heavy atom. The largest absolute Gasteiger partial charge is 0.445 e. The molecule has 0 aliphatic carbocycles. The molecule has 1 aliphatic heterocycles. The summed E-state index contributed by atoms with van der Waals surface area (Å²) in [5.74, 6) is 0.590. The fourth-order valence-corrected chi connectivity index (χ4v) is 6.09. The molecule has 1 fully saturated rings. The van der Waals surface area contributed by atoms with Gasteiger partial charge >= 0.3 is 0 Å². The van der Waals surface area contributed by atoms with Gasteiger partial charge in [0.1, 0.15) is 10.5 Å². The van der Waals surface area contributed by atoms with Gasteiger partial charge in [0.05, 0.1) is 22.6 Å². The molecule has 1 saturated heterocycles. The highest BCUT2D eigenvalue weighted by Crippen LogP contribution is 2.34. The molecule has 1 amide bonds. The molecule has 1 aliphatic rings. The number of aryl methyl sites for hydroxylation is 1. The topological polar surface area (TPSA) is 119 Å². The van der Waals surface area contributed by atoms with Crippen LogP contribution in [-0.2, 0) is 20.0 Å². The number of sulfone groups is 1. The van der Waals surface area contributed by atoms with Crippen LogP contribution in [0.15, 0.2) is 21.2 Å². The molecule has 172 valence electrons. The van der Waals surface area contributed by atoms with E-state index >= 15 is 0 Å². The van der Waals surface area contributed by atoms with Gasteiger partial charge < -0.3 is 8.94 Å². The quantitative estimate of drug-likeness (QED) is 0.609. The van der Waals surface area contributed by atoms with Gasteiger partial charge in [0.15, 0.2) is 15.7 Å². The Morgan fingerprint density at radius 2 is 1.90 bits per heavy atom. The van der Waals surface area contributed by atoms with Crippen molar-refractivity contribution in [1.29, 1.82) is 0 Å². The summed E-state index contributed by atoms with van der Waals surface area (Å²) in [4.78, 5) is 17.1. The van der Waals surface area contributed by atoms with Gasteiger partial charge in [-0.15, -0.1) is 0 Å². The molecule has 0 unspecified atom stereocenters. The summed E-state index contributed by atoms with van der Waals surface area (Å²) in [5, 5.41) is 6.09. The second kappa shape index (κ2) is 8.59. The summed E-state index contributed by atoms with van der Waals surface area (Å²) in [5.41, 5.74) is -0.107. The van der Waals surface area contributed by atoms with Crippen molar-refractivity contribution >= 4 is 33.6 Å². The third kappa shape index (κ3) is 4.54. The van der Waals surface area contributed by atoms with Gasteiger partial charge in [-0.2, -0.15) is 0 Å². The lowest BCUT2D eigenvalue weighted by molar-refractivity contribution is -0.118.